The highest BCUT2D eigenvalue weighted by Gasteiger charge is 2.36. The Morgan fingerprint density at radius 3 is 1.73 bits per heavy atom. The molecule has 0 aliphatic heterocycles. The number of halogens is 7. The predicted octanol–water partition coefficient (Wildman–Crippen LogP) is 7.71. The third-order valence-corrected chi connectivity index (χ3v) is 4.72. The Morgan fingerprint density at radius 2 is 1.23 bits per heavy atom. The molecule has 0 N–H and O–H groups in total. The Hall–Kier alpha value is -3.09. The normalized spacial score (nSPS) is 11.6. The van der Waals surface area contributed by atoms with Crippen LogP contribution in [0, 0.1) is 23.3 Å². The van der Waals surface area contributed by atoms with E-state index in [1.165, 1.54) is 24.3 Å². The van der Waals surface area contributed by atoms with E-state index in [1.807, 2.05) is 6.92 Å². The minimum absolute atomic E-state index is 0.145. The summed E-state index contributed by atoms with van der Waals surface area (Å²) >= 11 is 0. The molecular formula is C23H15F7. The average Bonchev–Trinajstić information content (AvgIpc) is 2.66. The first kappa shape index (κ1) is 21.6. The first-order chi connectivity index (χ1) is 14.0. The summed E-state index contributed by atoms with van der Waals surface area (Å²) in [4.78, 5) is 0. The zero-order valence-corrected chi connectivity index (χ0v) is 15.7. The molecule has 0 saturated heterocycles. The maximum absolute atomic E-state index is 14.6. The average molecular weight is 424 g/mol. The minimum Gasteiger partial charge on any atom is -0.206 e. The summed E-state index contributed by atoms with van der Waals surface area (Å²) in [7, 11) is 0. The highest BCUT2D eigenvalue weighted by atomic mass is 19.4. The van der Waals surface area contributed by atoms with Gasteiger partial charge in [0.05, 0.1) is 11.1 Å². The second kappa shape index (κ2) is 7.97. The van der Waals surface area contributed by atoms with Crippen molar-refractivity contribution >= 4 is 5.57 Å². The van der Waals surface area contributed by atoms with Crippen molar-refractivity contribution in [3.05, 3.63) is 89.5 Å². The summed E-state index contributed by atoms with van der Waals surface area (Å²) in [5.74, 6) is -4.49. The second-order valence-corrected chi connectivity index (χ2v) is 6.65. The fourth-order valence-corrected chi connectivity index (χ4v) is 3.09. The van der Waals surface area contributed by atoms with Gasteiger partial charge in [0.2, 0.25) is 0 Å². The van der Waals surface area contributed by atoms with Crippen LogP contribution in [0.3, 0.4) is 0 Å². The molecule has 0 aliphatic carbocycles. The van der Waals surface area contributed by atoms with E-state index in [9.17, 15) is 30.7 Å². The lowest BCUT2D eigenvalue weighted by Gasteiger charge is -2.14. The molecule has 156 valence electrons. The van der Waals surface area contributed by atoms with Crippen molar-refractivity contribution in [1.82, 2.24) is 0 Å². The van der Waals surface area contributed by atoms with Crippen LogP contribution in [-0.2, 0) is 6.42 Å². The summed E-state index contributed by atoms with van der Waals surface area (Å²) in [6.45, 7) is 4.55. The van der Waals surface area contributed by atoms with Crippen molar-refractivity contribution in [1.29, 1.82) is 0 Å². The van der Waals surface area contributed by atoms with Crippen LogP contribution in [0.25, 0.3) is 27.8 Å². The van der Waals surface area contributed by atoms with Crippen LogP contribution in [0.15, 0.2) is 55.1 Å². The van der Waals surface area contributed by atoms with E-state index < -0.39 is 40.6 Å². The molecule has 0 saturated carbocycles. The lowest BCUT2D eigenvalue weighted by atomic mass is 9.96. The maximum atomic E-state index is 14.6. The van der Waals surface area contributed by atoms with Gasteiger partial charge in [-0.1, -0.05) is 37.8 Å². The third kappa shape index (κ3) is 4.10. The molecule has 30 heavy (non-hydrogen) atoms. The molecule has 0 spiro atoms. The van der Waals surface area contributed by atoms with E-state index >= 15 is 0 Å². The van der Waals surface area contributed by atoms with E-state index in [0.717, 1.165) is 11.6 Å². The molecule has 0 fully saturated rings. The van der Waals surface area contributed by atoms with Crippen LogP contribution in [0.4, 0.5) is 30.7 Å². The number of allylic oxidation sites excluding steroid dienone is 1. The first-order valence-corrected chi connectivity index (χ1v) is 8.87. The largest absolute Gasteiger partial charge is 0.416 e. The number of hydrogen-bond donors (Lipinski definition) is 0. The van der Waals surface area contributed by atoms with Gasteiger partial charge in [-0.05, 0) is 47.4 Å². The number of alkyl halides is 3. The number of benzene rings is 3. The molecule has 0 unspecified atom stereocenters. The topological polar surface area (TPSA) is 0 Å². The van der Waals surface area contributed by atoms with Crippen LogP contribution in [0.5, 0.6) is 0 Å². The molecule has 0 nitrogen and oxygen atoms in total. The highest BCUT2D eigenvalue weighted by molar-refractivity contribution is 5.75. The van der Waals surface area contributed by atoms with Gasteiger partial charge in [-0.3, -0.25) is 0 Å². The lowest BCUT2D eigenvalue weighted by molar-refractivity contribution is -0.0690. The Kier molecular flexibility index (Phi) is 5.74. The van der Waals surface area contributed by atoms with Crippen molar-refractivity contribution in [2.45, 2.75) is 19.5 Å². The van der Waals surface area contributed by atoms with Crippen molar-refractivity contribution in [2.75, 3.05) is 0 Å². The van der Waals surface area contributed by atoms with Gasteiger partial charge in [0.15, 0.2) is 0 Å². The van der Waals surface area contributed by atoms with E-state index in [4.69, 9.17) is 0 Å². The molecule has 3 aromatic rings. The van der Waals surface area contributed by atoms with Crippen molar-refractivity contribution in [2.24, 2.45) is 0 Å². The molecule has 3 rings (SSSR count). The zero-order valence-electron chi connectivity index (χ0n) is 15.7. The molecule has 7 heteroatoms. The van der Waals surface area contributed by atoms with E-state index in [0.29, 0.717) is 18.6 Å². The Bertz CT molecular complexity index is 1100. The van der Waals surface area contributed by atoms with Gasteiger partial charge in [0, 0.05) is 11.1 Å². The standard InChI is InChI=1S/C23H15F7/c1-3-13-4-6-16(18(24)8-13)14-5-7-17(19(25)9-14)15-10-20(26)22(21(27)11-15)12(2)23(28,29)30/h4-11H,2-3H2,1H3. The molecule has 0 atom stereocenters. The van der Waals surface area contributed by atoms with Gasteiger partial charge in [0.1, 0.15) is 23.3 Å². The Labute approximate surface area is 168 Å². The number of aryl methyl sites for hydroxylation is 1. The summed E-state index contributed by atoms with van der Waals surface area (Å²) in [6, 6.07) is 9.27. The second-order valence-electron chi connectivity index (χ2n) is 6.65. The minimum atomic E-state index is -5.02. The molecule has 0 aliphatic rings. The van der Waals surface area contributed by atoms with Gasteiger partial charge < -0.3 is 0 Å². The quantitative estimate of drug-likeness (QED) is 0.376. The molecule has 0 bridgehead atoms. The summed E-state index contributed by atoms with van der Waals surface area (Å²) < 4.78 is 95.6. The van der Waals surface area contributed by atoms with Gasteiger partial charge >= 0.3 is 6.18 Å². The maximum Gasteiger partial charge on any atom is 0.416 e. The van der Waals surface area contributed by atoms with Crippen LogP contribution >= 0.6 is 0 Å². The Morgan fingerprint density at radius 1 is 0.733 bits per heavy atom. The van der Waals surface area contributed by atoms with Gasteiger partial charge in [-0.2, -0.15) is 13.2 Å². The molecule has 0 radical (unpaired) electrons. The van der Waals surface area contributed by atoms with E-state index in [1.54, 1.807) is 6.07 Å². The summed E-state index contributed by atoms with van der Waals surface area (Å²) in [5.41, 5.74) is -2.42. The van der Waals surface area contributed by atoms with Crippen molar-refractivity contribution in [3.8, 4) is 22.3 Å². The molecule has 0 aromatic heterocycles. The van der Waals surface area contributed by atoms with Crippen molar-refractivity contribution < 1.29 is 30.7 Å². The SMILES string of the molecule is C=C(c1c(F)cc(-c2ccc(-c3ccc(CC)cc3F)cc2F)cc1F)C(F)(F)F. The highest BCUT2D eigenvalue weighted by Crippen LogP contribution is 2.37. The molecule has 3 aromatic carbocycles. The van der Waals surface area contributed by atoms with Crippen molar-refractivity contribution in [3.63, 3.8) is 0 Å². The van der Waals surface area contributed by atoms with Gasteiger partial charge in [0.25, 0.3) is 0 Å². The van der Waals surface area contributed by atoms with E-state index in [2.05, 4.69) is 6.58 Å². The van der Waals surface area contributed by atoms with Gasteiger partial charge in [-0.15, -0.1) is 0 Å². The third-order valence-electron chi connectivity index (χ3n) is 4.72. The molecule has 0 amide bonds. The fraction of sp³-hybridized carbons (Fsp3) is 0.130. The smallest absolute Gasteiger partial charge is 0.206 e. The van der Waals surface area contributed by atoms with E-state index in [-0.39, 0.29) is 22.3 Å². The molecule has 0 heterocycles. The number of hydrogen-bond acceptors (Lipinski definition) is 0. The fourth-order valence-electron chi connectivity index (χ4n) is 3.09. The monoisotopic (exact) mass is 424 g/mol. The predicted molar refractivity (Wildman–Crippen MR) is 102 cm³/mol. The summed E-state index contributed by atoms with van der Waals surface area (Å²) in [6.07, 6.45) is -4.40. The van der Waals surface area contributed by atoms with Crippen LogP contribution in [0.1, 0.15) is 18.1 Å². The zero-order chi connectivity index (χ0) is 22.2. The lowest BCUT2D eigenvalue weighted by Crippen LogP contribution is -2.12. The molecular weight excluding hydrogens is 409 g/mol. The number of rotatable bonds is 4. The summed E-state index contributed by atoms with van der Waals surface area (Å²) in [5, 5.41) is 0. The van der Waals surface area contributed by atoms with Crippen LogP contribution in [-0.4, -0.2) is 6.18 Å². The van der Waals surface area contributed by atoms with Gasteiger partial charge in [-0.25, -0.2) is 17.6 Å². The van der Waals surface area contributed by atoms with Crippen LogP contribution < -0.4 is 0 Å². The van der Waals surface area contributed by atoms with Crippen LogP contribution in [0.2, 0.25) is 0 Å². The Balaban J connectivity index is 2.03. The first-order valence-electron chi connectivity index (χ1n) is 8.87.